The maximum Gasteiger partial charge on any atom is 0.223 e. The molecule has 0 aliphatic heterocycles. The van der Waals surface area contributed by atoms with Crippen LogP contribution in [0.15, 0.2) is 18.2 Å². The molecule has 1 aliphatic carbocycles. The van der Waals surface area contributed by atoms with Gasteiger partial charge in [0.1, 0.15) is 0 Å². The third-order valence-electron chi connectivity index (χ3n) is 4.37. The minimum absolute atomic E-state index is 0.105. The number of carbonyl (C=O) groups is 1. The van der Waals surface area contributed by atoms with E-state index in [-0.39, 0.29) is 17.9 Å². The van der Waals surface area contributed by atoms with Gasteiger partial charge >= 0.3 is 0 Å². The van der Waals surface area contributed by atoms with E-state index in [9.17, 15) is 4.79 Å². The SMILES string of the molecule is Cc1ccc(C(C)NC(=O)C2CCCCC2)cc1C. The van der Waals surface area contributed by atoms with E-state index in [1.54, 1.807) is 0 Å². The molecule has 0 saturated heterocycles. The minimum Gasteiger partial charge on any atom is -0.349 e. The summed E-state index contributed by atoms with van der Waals surface area (Å²) in [6.45, 7) is 6.31. The summed E-state index contributed by atoms with van der Waals surface area (Å²) < 4.78 is 0. The lowest BCUT2D eigenvalue weighted by Gasteiger charge is -2.23. The van der Waals surface area contributed by atoms with Crippen molar-refractivity contribution in [2.45, 2.75) is 58.9 Å². The van der Waals surface area contributed by atoms with Gasteiger partial charge in [0.15, 0.2) is 0 Å². The second kappa shape index (κ2) is 6.23. The number of carbonyl (C=O) groups excluding carboxylic acids is 1. The van der Waals surface area contributed by atoms with E-state index < -0.39 is 0 Å². The first-order chi connectivity index (χ1) is 9.08. The van der Waals surface area contributed by atoms with Crippen LogP contribution in [0.4, 0.5) is 0 Å². The van der Waals surface area contributed by atoms with Crippen molar-refractivity contribution in [2.75, 3.05) is 0 Å². The van der Waals surface area contributed by atoms with Crippen molar-refractivity contribution in [3.8, 4) is 0 Å². The molecule has 0 radical (unpaired) electrons. The molecule has 1 aromatic rings. The van der Waals surface area contributed by atoms with Gasteiger partial charge in [-0.1, -0.05) is 37.5 Å². The number of rotatable bonds is 3. The Kier molecular flexibility index (Phi) is 4.62. The van der Waals surface area contributed by atoms with E-state index in [0.717, 1.165) is 12.8 Å². The third-order valence-corrected chi connectivity index (χ3v) is 4.37. The van der Waals surface area contributed by atoms with Crippen molar-refractivity contribution in [1.29, 1.82) is 0 Å². The number of amides is 1. The molecule has 1 amide bonds. The Morgan fingerprint density at radius 1 is 1.16 bits per heavy atom. The van der Waals surface area contributed by atoms with Gasteiger partial charge in [0.2, 0.25) is 5.91 Å². The summed E-state index contributed by atoms with van der Waals surface area (Å²) >= 11 is 0. The zero-order valence-corrected chi connectivity index (χ0v) is 12.3. The van der Waals surface area contributed by atoms with Crippen LogP contribution in [-0.4, -0.2) is 5.91 Å². The molecule has 1 aromatic carbocycles. The lowest BCUT2D eigenvalue weighted by molar-refractivity contribution is -0.126. The highest BCUT2D eigenvalue weighted by atomic mass is 16.1. The smallest absolute Gasteiger partial charge is 0.223 e. The fraction of sp³-hybridized carbons (Fsp3) is 0.588. The van der Waals surface area contributed by atoms with Crippen molar-refractivity contribution in [3.63, 3.8) is 0 Å². The second-order valence-corrected chi connectivity index (χ2v) is 5.91. The highest BCUT2D eigenvalue weighted by molar-refractivity contribution is 5.79. The van der Waals surface area contributed by atoms with Gasteiger partial charge in [0.05, 0.1) is 6.04 Å². The number of benzene rings is 1. The monoisotopic (exact) mass is 259 g/mol. The van der Waals surface area contributed by atoms with Crippen LogP contribution < -0.4 is 5.32 Å². The molecule has 1 N–H and O–H groups in total. The van der Waals surface area contributed by atoms with Crippen LogP contribution in [0.3, 0.4) is 0 Å². The minimum atomic E-state index is 0.105. The topological polar surface area (TPSA) is 29.1 Å². The van der Waals surface area contributed by atoms with Crippen LogP contribution in [0.5, 0.6) is 0 Å². The van der Waals surface area contributed by atoms with E-state index in [4.69, 9.17) is 0 Å². The fourth-order valence-electron chi connectivity index (χ4n) is 2.81. The average Bonchev–Trinajstić information content (AvgIpc) is 2.42. The summed E-state index contributed by atoms with van der Waals surface area (Å²) in [6, 6.07) is 6.54. The summed E-state index contributed by atoms with van der Waals surface area (Å²) in [5.74, 6) is 0.480. The summed E-state index contributed by atoms with van der Waals surface area (Å²) in [5.41, 5.74) is 3.79. The Labute approximate surface area is 116 Å². The van der Waals surface area contributed by atoms with Gasteiger partial charge in [-0.3, -0.25) is 4.79 Å². The Morgan fingerprint density at radius 2 is 1.84 bits per heavy atom. The molecule has 2 nitrogen and oxygen atoms in total. The number of aryl methyl sites for hydroxylation is 2. The van der Waals surface area contributed by atoms with Gasteiger partial charge in [-0.05, 0) is 50.3 Å². The lowest BCUT2D eigenvalue weighted by atomic mass is 9.88. The van der Waals surface area contributed by atoms with Gasteiger partial charge in [0, 0.05) is 5.92 Å². The molecule has 2 rings (SSSR count). The summed E-state index contributed by atoms with van der Waals surface area (Å²) in [6.07, 6.45) is 5.82. The zero-order chi connectivity index (χ0) is 13.8. The highest BCUT2D eigenvalue weighted by Crippen LogP contribution is 2.25. The maximum absolute atomic E-state index is 12.2. The van der Waals surface area contributed by atoms with Crippen LogP contribution in [0, 0.1) is 19.8 Å². The van der Waals surface area contributed by atoms with E-state index in [1.165, 1.54) is 36.0 Å². The molecule has 0 bridgehead atoms. The molecule has 104 valence electrons. The third kappa shape index (κ3) is 3.59. The Bertz CT molecular complexity index is 447. The predicted molar refractivity (Wildman–Crippen MR) is 79.0 cm³/mol. The van der Waals surface area contributed by atoms with Crippen molar-refractivity contribution >= 4 is 5.91 Å². The van der Waals surface area contributed by atoms with Crippen LogP contribution in [0.1, 0.15) is 61.8 Å². The maximum atomic E-state index is 12.2. The molecule has 0 spiro atoms. The first-order valence-electron chi connectivity index (χ1n) is 7.45. The van der Waals surface area contributed by atoms with Crippen LogP contribution in [0.25, 0.3) is 0 Å². The largest absolute Gasteiger partial charge is 0.349 e. The molecule has 1 atom stereocenters. The lowest BCUT2D eigenvalue weighted by Crippen LogP contribution is -2.33. The molecule has 2 heteroatoms. The fourth-order valence-corrected chi connectivity index (χ4v) is 2.81. The molecule has 1 aliphatic rings. The molecule has 0 heterocycles. The summed E-state index contributed by atoms with van der Waals surface area (Å²) in [5, 5.41) is 3.17. The molecule has 1 saturated carbocycles. The van der Waals surface area contributed by atoms with Crippen molar-refractivity contribution < 1.29 is 4.79 Å². The Hall–Kier alpha value is -1.31. The van der Waals surface area contributed by atoms with Gasteiger partial charge < -0.3 is 5.32 Å². The van der Waals surface area contributed by atoms with Crippen molar-refractivity contribution in [1.82, 2.24) is 5.32 Å². The van der Waals surface area contributed by atoms with E-state index >= 15 is 0 Å². The van der Waals surface area contributed by atoms with Crippen molar-refractivity contribution in [3.05, 3.63) is 34.9 Å². The molecule has 0 aromatic heterocycles. The molecular weight excluding hydrogens is 234 g/mol. The summed E-state index contributed by atoms with van der Waals surface area (Å²) in [4.78, 5) is 12.2. The quantitative estimate of drug-likeness (QED) is 0.871. The normalized spacial score (nSPS) is 18.1. The van der Waals surface area contributed by atoms with Crippen LogP contribution in [0.2, 0.25) is 0 Å². The van der Waals surface area contributed by atoms with Crippen LogP contribution >= 0.6 is 0 Å². The van der Waals surface area contributed by atoms with Gasteiger partial charge in [0.25, 0.3) is 0 Å². The number of nitrogens with one attached hydrogen (secondary N) is 1. The Morgan fingerprint density at radius 3 is 2.47 bits per heavy atom. The van der Waals surface area contributed by atoms with Crippen molar-refractivity contribution in [2.24, 2.45) is 5.92 Å². The first-order valence-corrected chi connectivity index (χ1v) is 7.45. The average molecular weight is 259 g/mol. The van der Waals surface area contributed by atoms with Crippen LogP contribution in [-0.2, 0) is 4.79 Å². The van der Waals surface area contributed by atoms with Gasteiger partial charge in [-0.15, -0.1) is 0 Å². The number of hydrogen-bond acceptors (Lipinski definition) is 1. The predicted octanol–water partition coefficient (Wildman–Crippen LogP) is 4.06. The molecule has 19 heavy (non-hydrogen) atoms. The van der Waals surface area contributed by atoms with E-state index in [2.05, 4.69) is 44.3 Å². The second-order valence-electron chi connectivity index (χ2n) is 5.91. The van der Waals surface area contributed by atoms with E-state index in [0.29, 0.717) is 0 Å². The first kappa shape index (κ1) is 14.1. The van der Waals surface area contributed by atoms with Gasteiger partial charge in [-0.2, -0.15) is 0 Å². The molecule has 1 fully saturated rings. The standard InChI is InChI=1S/C17H25NO/c1-12-9-10-16(11-13(12)2)14(3)18-17(19)15-7-5-4-6-8-15/h9-11,14-15H,4-8H2,1-3H3,(H,18,19). The Balaban J connectivity index is 1.97. The zero-order valence-electron chi connectivity index (χ0n) is 12.3. The molecule has 1 unspecified atom stereocenters. The number of hydrogen-bond donors (Lipinski definition) is 1. The highest BCUT2D eigenvalue weighted by Gasteiger charge is 2.22. The van der Waals surface area contributed by atoms with E-state index in [1.807, 2.05) is 0 Å². The van der Waals surface area contributed by atoms with Gasteiger partial charge in [-0.25, -0.2) is 0 Å². The molecular formula is C17H25NO. The summed E-state index contributed by atoms with van der Waals surface area (Å²) in [7, 11) is 0.